The molecule has 0 aliphatic rings. The highest BCUT2D eigenvalue weighted by molar-refractivity contribution is 5.73. The first-order valence-corrected chi connectivity index (χ1v) is 6.60. The smallest absolute Gasteiger partial charge is 0.239 e. The molecule has 0 atom stereocenters. The standard InChI is InChI=1S/C14H16N6O/c1-10-12(20-5-3-2-4-14(20)18-10)7-16-11-6-17-19(8-11)9-13(15)21/h2-6,8,16H,7,9H2,1H3,(H2,15,21). The maximum atomic E-state index is 10.8. The number of nitrogens with two attached hydrogens (primary N) is 1. The van der Waals surface area contributed by atoms with Gasteiger partial charge in [0.2, 0.25) is 5.91 Å². The molecule has 0 radical (unpaired) electrons. The third-order valence-corrected chi connectivity index (χ3v) is 3.24. The van der Waals surface area contributed by atoms with E-state index in [0.717, 1.165) is 22.7 Å². The van der Waals surface area contributed by atoms with E-state index in [9.17, 15) is 4.79 Å². The average Bonchev–Trinajstić information content (AvgIpc) is 2.99. The molecule has 0 aromatic carbocycles. The average molecular weight is 284 g/mol. The van der Waals surface area contributed by atoms with Crippen molar-refractivity contribution in [1.29, 1.82) is 0 Å². The van der Waals surface area contributed by atoms with Crippen molar-refractivity contribution in [3.05, 3.63) is 48.2 Å². The third kappa shape index (κ3) is 2.71. The van der Waals surface area contributed by atoms with E-state index in [2.05, 4.69) is 19.8 Å². The maximum Gasteiger partial charge on any atom is 0.239 e. The van der Waals surface area contributed by atoms with Gasteiger partial charge in [-0.15, -0.1) is 0 Å². The summed E-state index contributed by atoms with van der Waals surface area (Å²) in [5.74, 6) is -0.415. The number of anilines is 1. The number of hydrogen-bond donors (Lipinski definition) is 2. The molecule has 7 nitrogen and oxygen atoms in total. The Bertz CT molecular complexity index is 788. The summed E-state index contributed by atoms with van der Waals surface area (Å²) >= 11 is 0. The zero-order valence-corrected chi connectivity index (χ0v) is 11.7. The number of carbonyl (C=O) groups is 1. The molecule has 108 valence electrons. The van der Waals surface area contributed by atoms with Crippen LogP contribution >= 0.6 is 0 Å². The van der Waals surface area contributed by atoms with E-state index in [1.165, 1.54) is 4.68 Å². The first-order valence-electron chi connectivity index (χ1n) is 6.60. The van der Waals surface area contributed by atoms with Gasteiger partial charge in [-0.25, -0.2) is 4.98 Å². The zero-order valence-electron chi connectivity index (χ0n) is 11.7. The zero-order chi connectivity index (χ0) is 14.8. The number of amides is 1. The topological polar surface area (TPSA) is 90.2 Å². The number of carbonyl (C=O) groups excluding carboxylic acids is 1. The number of aryl methyl sites for hydroxylation is 1. The van der Waals surface area contributed by atoms with Crippen LogP contribution in [0.5, 0.6) is 0 Å². The fourth-order valence-electron chi connectivity index (χ4n) is 2.26. The number of rotatable bonds is 5. The minimum atomic E-state index is -0.415. The second-order valence-electron chi connectivity index (χ2n) is 4.82. The van der Waals surface area contributed by atoms with E-state index in [1.807, 2.05) is 31.3 Å². The highest BCUT2D eigenvalue weighted by Gasteiger charge is 2.08. The van der Waals surface area contributed by atoms with Gasteiger partial charge in [-0.05, 0) is 19.1 Å². The summed E-state index contributed by atoms with van der Waals surface area (Å²) < 4.78 is 3.56. The van der Waals surface area contributed by atoms with Gasteiger partial charge >= 0.3 is 0 Å². The highest BCUT2D eigenvalue weighted by atomic mass is 16.1. The summed E-state index contributed by atoms with van der Waals surface area (Å²) in [5, 5.41) is 7.35. The van der Waals surface area contributed by atoms with Crippen LogP contribution in [0.3, 0.4) is 0 Å². The van der Waals surface area contributed by atoms with E-state index in [1.54, 1.807) is 12.4 Å². The first-order chi connectivity index (χ1) is 10.1. The lowest BCUT2D eigenvalue weighted by atomic mass is 10.3. The van der Waals surface area contributed by atoms with Crippen molar-refractivity contribution in [2.24, 2.45) is 5.73 Å². The van der Waals surface area contributed by atoms with Gasteiger partial charge in [-0.1, -0.05) is 6.07 Å². The van der Waals surface area contributed by atoms with Gasteiger partial charge in [0.1, 0.15) is 12.2 Å². The quantitative estimate of drug-likeness (QED) is 0.729. The van der Waals surface area contributed by atoms with Crippen LogP contribution in [-0.4, -0.2) is 25.1 Å². The molecule has 0 aliphatic heterocycles. The Morgan fingerprint density at radius 3 is 3.10 bits per heavy atom. The predicted molar refractivity (Wildman–Crippen MR) is 78.7 cm³/mol. The molecule has 3 heterocycles. The molecule has 1 amide bonds. The Balaban J connectivity index is 1.76. The number of fused-ring (bicyclic) bond motifs is 1. The number of pyridine rings is 1. The number of aromatic nitrogens is 4. The Morgan fingerprint density at radius 1 is 1.43 bits per heavy atom. The van der Waals surface area contributed by atoms with Gasteiger partial charge in [0.15, 0.2) is 0 Å². The van der Waals surface area contributed by atoms with E-state index in [0.29, 0.717) is 6.54 Å². The number of nitrogens with zero attached hydrogens (tertiary/aromatic N) is 4. The van der Waals surface area contributed by atoms with Gasteiger partial charge in [0.05, 0.1) is 29.8 Å². The highest BCUT2D eigenvalue weighted by Crippen LogP contribution is 2.14. The van der Waals surface area contributed by atoms with Crippen molar-refractivity contribution in [3.63, 3.8) is 0 Å². The summed E-state index contributed by atoms with van der Waals surface area (Å²) in [6.07, 6.45) is 5.41. The van der Waals surface area contributed by atoms with Crippen molar-refractivity contribution in [2.45, 2.75) is 20.0 Å². The fourth-order valence-corrected chi connectivity index (χ4v) is 2.26. The molecule has 7 heteroatoms. The van der Waals surface area contributed by atoms with Crippen LogP contribution in [0.1, 0.15) is 11.4 Å². The lowest BCUT2D eigenvalue weighted by Crippen LogP contribution is -2.18. The normalized spacial score (nSPS) is 10.9. The number of nitrogens with one attached hydrogen (secondary N) is 1. The van der Waals surface area contributed by atoms with Gasteiger partial charge in [-0.3, -0.25) is 9.48 Å². The van der Waals surface area contributed by atoms with Crippen LogP contribution < -0.4 is 11.1 Å². The van der Waals surface area contributed by atoms with Crippen LogP contribution in [0.2, 0.25) is 0 Å². The summed E-state index contributed by atoms with van der Waals surface area (Å²) in [7, 11) is 0. The molecule has 0 bridgehead atoms. The monoisotopic (exact) mass is 284 g/mol. The molecular weight excluding hydrogens is 268 g/mol. The molecule has 0 fully saturated rings. The van der Waals surface area contributed by atoms with E-state index >= 15 is 0 Å². The van der Waals surface area contributed by atoms with Gasteiger partial charge in [0.25, 0.3) is 0 Å². The summed E-state index contributed by atoms with van der Waals surface area (Å²) in [6.45, 7) is 2.69. The summed E-state index contributed by atoms with van der Waals surface area (Å²) in [5.41, 5.74) is 8.97. The summed E-state index contributed by atoms with van der Waals surface area (Å²) in [4.78, 5) is 15.4. The SMILES string of the molecule is Cc1nc2ccccn2c1CNc1cnn(CC(N)=O)c1. The molecular formula is C14H16N6O. The Labute approximate surface area is 121 Å². The predicted octanol–water partition coefficient (Wildman–Crippen LogP) is 0.937. The Hall–Kier alpha value is -2.83. The van der Waals surface area contributed by atoms with Crippen molar-refractivity contribution < 1.29 is 4.79 Å². The van der Waals surface area contributed by atoms with Crippen molar-refractivity contribution in [1.82, 2.24) is 19.2 Å². The molecule has 0 aliphatic carbocycles. The number of hydrogen-bond acceptors (Lipinski definition) is 4. The Morgan fingerprint density at radius 2 is 2.29 bits per heavy atom. The molecule has 3 rings (SSSR count). The number of imidazole rings is 1. The molecule has 3 aromatic rings. The van der Waals surface area contributed by atoms with Crippen LogP contribution in [0.4, 0.5) is 5.69 Å². The molecule has 21 heavy (non-hydrogen) atoms. The summed E-state index contributed by atoms with van der Waals surface area (Å²) in [6, 6.07) is 5.91. The van der Waals surface area contributed by atoms with Gasteiger partial charge in [-0.2, -0.15) is 5.10 Å². The second kappa shape index (κ2) is 5.28. The van der Waals surface area contributed by atoms with Crippen LogP contribution in [-0.2, 0) is 17.9 Å². The van der Waals surface area contributed by atoms with Crippen LogP contribution in [0.25, 0.3) is 5.65 Å². The molecule has 0 saturated carbocycles. The van der Waals surface area contributed by atoms with Crippen LogP contribution in [0.15, 0.2) is 36.8 Å². The lowest BCUT2D eigenvalue weighted by Gasteiger charge is -2.05. The minimum absolute atomic E-state index is 0.0797. The number of primary amides is 1. The van der Waals surface area contributed by atoms with E-state index in [-0.39, 0.29) is 6.54 Å². The van der Waals surface area contributed by atoms with E-state index in [4.69, 9.17) is 5.73 Å². The maximum absolute atomic E-state index is 10.8. The van der Waals surface area contributed by atoms with Crippen molar-refractivity contribution in [2.75, 3.05) is 5.32 Å². The van der Waals surface area contributed by atoms with Crippen molar-refractivity contribution >= 4 is 17.2 Å². The molecule has 3 N–H and O–H groups in total. The fraction of sp³-hybridized carbons (Fsp3) is 0.214. The van der Waals surface area contributed by atoms with Gasteiger partial charge < -0.3 is 15.5 Å². The molecule has 0 spiro atoms. The van der Waals surface area contributed by atoms with Crippen molar-refractivity contribution in [3.8, 4) is 0 Å². The van der Waals surface area contributed by atoms with Crippen LogP contribution in [0, 0.1) is 6.92 Å². The largest absolute Gasteiger partial charge is 0.377 e. The second-order valence-corrected chi connectivity index (χ2v) is 4.82. The van der Waals surface area contributed by atoms with Gasteiger partial charge in [0, 0.05) is 12.4 Å². The lowest BCUT2D eigenvalue weighted by molar-refractivity contribution is -0.118. The minimum Gasteiger partial charge on any atom is -0.377 e. The molecule has 0 saturated heterocycles. The Kier molecular flexibility index (Phi) is 3.31. The third-order valence-electron chi connectivity index (χ3n) is 3.24. The molecule has 3 aromatic heterocycles. The van der Waals surface area contributed by atoms with E-state index < -0.39 is 5.91 Å². The molecule has 0 unspecified atom stereocenters. The first kappa shape index (κ1) is 13.2.